The summed E-state index contributed by atoms with van der Waals surface area (Å²) >= 11 is 13.1. The van der Waals surface area contributed by atoms with Crippen molar-refractivity contribution in [1.82, 2.24) is 0 Å². The summed E-state index contributed by atoms with van der Waals surface area (Å²) < 4.78 is 20.1. The number of amides is 1. The molecule has 1 N–H and O–H groups in total. The quantitative estimate of drug-likeness (QED) is 0.294. The molecule has 3 aromatic rings. The number of benzene rings is 2. The number of rotatable bonds is 5. The average Bonchev–Trinajstić information content (AvgIpc) is 3.12. The van der Waals surface area contributed by atoms with E-state index in [1.807, 2.05) is 0 Å². The van der Waals surface area contributed by atoms with Crippen molar-refractivity contribution in [3.8, 4) is 11.1 Å². The number of hydrogen-bond acceptors (Lipinski definition) is 4. The van der Waals surface area contributed by atoms with Gasteiger partial charge in [0.05, 0.1) is 0 Å². The Kier molecular flexibility index (Phi) is 7.39. The minimum absolute atomic E-state index is 0.145. The first-order valence-electron chi connectivity index (χ1n) is 9.59. The van der Waals surface area contributed by atoms with E-state index in [9.17, 15) is 14.0 Å². The number of hydrogen-bond donors (Lipinski definition) is 1. The van der Waals surface area contributed by atoms with Crippen LogP contribution in [0.25, 0.3) is 17.2 Å². The van der Waals surface area contributed by atoms with Gasteiger partial charge in [-0.15, -0.1) is 11.3 Å². The van der Waals surface area contributed by atoms with E-state index in [0.29, 0.717) is 26.7 Å². The normalized spacial score (nSPS) is 11.9. The first kappa shape index (κ1) is 24.0. The Balaban J connectivity index is 1.97. The van der Waals surface area contributed by atoms with E-state index < -0.39 is 23.3 Å². The highest BCUT2D eigenvalue weighted by Gasteiger charge is 2.27. The third kappa shape index (κ3) is 5.97. The Labute approximate surface area is 199 Å². The smallest absolute Gasteiger partial charge is 0.342 e. The molecule has 1 amide bonds. The average molecular weight is 492 g/mol. The standard InChI is InChI=1S/C24H20Cl2FNO3S/c1-24(2,3)31-23(30)20-17(14-8-10-16(25)11-9-14)13-32-22(20)28-21(29)19(27)12-15-6-4-5-7-18(15)26/h4-13H,1-3H3,(H,28,29)/b19-12-. The summed E-state index contributed by atoms with van der Waals surface area (Å²) in [5.41, 5.74) is 1.01. The molecule has 0 radical (unpaired) electrons. The second-order valence-corrected chi connectivity index (χ2v) is 9.55. The molecule has 3 rings (SSSR count). The molecule has 0 saturated heterocycles. The highest BCUT2D eigenvalue weighted by atomic mass is 35.5. The number of thiophene rings is 1. The van der Waals surface area contributed by atoms with Crippen LogP contribution in [0.5, 0.6) is 0 Å². The second kappa shape index (κ2) is 9.86. The zero-order chi connectivity index (χ0) is 23.5. The molecule has 0 unspecified atom stereocenters. The molecule has 0 fully saturated rings. The highest BCUT2D eigenvalue weighted by molar-refractivity contribution is 7.15. The molecule has 0 aliphatic rings. The molecule has 32 heavy (non-hydrogen) atoms. The fourth-order valence-electron chi connectivity index (χ4n) is 2.78. The van der Waals surface area contributed by atoms with Crippen LogP contribution in [0.4, 0.5) is 9.39 Å². The lowest BCUT2D eigenvalue weighted by Crippen LogP contribution is -2.25. The minimum atomic E-state index is -1.05. The Morgan fingerprint density at radius 3 is 2.34 bits per heavy atom. The van der Waals surface area contributed by atoms with Gasteiger partial charge in [-0.1, -0.05) is 53.5 Å². The SMILES string of the molecule is CC(C)(C)OC(=O)c1c(-c2ccc(Cl)cc2)csc1NC(=O)/C(F)=C/c1ccccc1Cl. The van der Waals surface area contributed by atoms with Gasteiger partial charge in [-0.25, -0.2) is 9.18 Å². The predicted molar refractivity (Wildman–Crippen MR) is 129 cm³/mol. The van der Waals surface area contributed by atoms with Gasteiger partial charge in [0.1, 0.15) is 16.2 Å². The van der Waals surface area contributed by atoms with Crippen LogP contribution in [0.2, 0.25) is 10.0 Å². The maximum atomic E-state index is 14.6. The molecular weight excluding hydrogens is 472 g/mol. The third-order valence-corrected chi connectivity index (χ3v) is 5.67. The second-order valence-electron chi connectivity index (χ2n) is 7.83. The van der Waals surface area contributed by atoms with E-state index in [2.05, 4.69) is 5.32 Å². The summed E-state index contributed by atoms with van der Waals surface area (Å²) in [7, 11) is 0. The summed E-state index contributed by atoms with van der Waals surface area (Å²) in [5, 5.41) is 5.22. The summed E-state index contributed by atoms with van der Waals surface area (Å²) in [5.74, 6) is -2.68. The lowest BCUT2D eigenvalue weighted by Gasteiger charge is -2.20. The Morgan fingerprint density at radius 2 is 1.72 bits per heavy atom. The molecule has 166 valence electrons. The van der Waals surface area contributed by atoms with Crippen LogP contribution >= 0.6 is 34.5 Å². The fraction of sp³-hybridized carbons (Fsp3) is 0.167. The predicted octanol–water partition coefficient (Wildman–Crippen LogP) is 7.63. The molecule has 0 atom stereocenters. The van der Waals surface area contributed by atoms with Gasteiger partial charge in [0.2, 0.25) is 0 Å². The number of carbonyl (C=O) groups excluding carboxylic acids is 2. The van der Waals surface area contributed by atoms with Crippen LogP contribution in [0.3, 0.4) is 0 Å². The molecule has 2 aromatic carbocycles. The molecule has 4 nitrogen and oxygen atoms in total. The Morgan fingerprint density at radius 1 is 1.06 bits per heavy atom. The van der Waals surface area contributed by atoms with Gasteiger partial charge in [0, 0.05) is 21.0 Å². The van der Waals surface area contributed by atoms with E-state index in [-0.39, 0.29) is 10.6 Å². The molecule has 8 heteroatoms. The lowest BCUT2D eigenvalue weighted by atomic mass is 10.0. The molecule has 0 saturated carbocycles. The van der Waals surface area contributed by atoms with Crippen LogP contribution in [0.15, 0.2) is 59.7 Å². The van der Waals surface area contributed by atoms with Gasteiger partial charge >= 0.3 is 5.97 Å². The highest BCUT2D eigenvalue weighted by Crippen LogP contribution is 2.37. The number of esters is 1. The Hall–Kier alpha value is -2.67. The van der Waals surface area contributed by atoms with Crippen LogP contribution in [0.1, 0.15) is 36.7 Å². The van der Waals surface area contributed by atoms with Crippen LogP contribution in [-0.2, 0) is 9.53 Å². The maximum Gasteiger partial charge on any atom is 0.342 e. The summed E-state index contributed by atoms with van der Waals surface area (Å²) in [6, 6.07) is 13.5. The van der Waals surface area contributed by atoms with Gasteiger partial charge in [-0.3, -0.25) is 4.79 Å². The van der Waals surface area contributed by atoms with E-state index in [1.54, 1.807) is 74.7 Å². The van der Waals surface area contributed by atoms with Crippen LogP contribution in [-0.4, -0.2) is 17.5 Å². The summed E-state index contributed by atoms with van der Waals surface area (Å²) in [6.45, 7) is 5.22. The van der Waals surface area contributed by atoms with Gasteiger partial charge < -0.3 is 10.1 Å². The first-order valence-corrected chi connectivity index (χ1v) is 11.2. The Bertz CT molecular complexity index is 1180. The maximum absolute atomic E-state index is 14.6. The number of nitrogens with one attached hydrogen (secondary N) is 1. The van der Waals surface area contributed by atoms with E-state index in [0.717, 1.165) is 17.4 Å². The monoisotopic (exact) mass is 491 g/mol. The van der Waals surface area contributed by atoms with Crippen molar-refractivity contribution < 1.29 is 18.7 Å². The molecular formula is C24H20Cl2FNO3S. The van der Waals surface area contributed by atoms with Crippen molar-refractivity contribution in [3.05, 3.63) is 80.9 Å². The van der Waals surface area contributed by atoms with Crippen molar-refractivity contribution in [2.75, 3.05) is 5.32 Å². The molecule has 0 spiro atoms. The number of halogens is 3. The van der Waals surface area contributed by atoms with Crippen LogP contribution < -0.4 is 5.32 Å². The zero-order valence-electron chi connectivity index (χ0n) is 17.5. The van der Waals surface area contributed by atoms with E-state index in [4.69, 9.17) is 27.9 Å². The first-order chi connectivity index (χ1) is 15.0. The molecule has 1 heterocycles. The topological polar surface area (TPSA) is 55.4 Å². The number of ether oxygens (including phenoxy) is 1. The molecule has 0 aliphatic heterocycles. The third-order valence-electron chi connectivity index (χ3n) is 4.18. The molecule has 0 bridgehead atoms. The minimum Gasteiger partial charge on any atom is -0.456 e. The summed E-state index contributed by atoms with van der Waals surface area (Å²) in [6.07, 6.45) is 1.04. The van der Waals surface area contributed by atoms with E-state index >= 15 is 0 Å². The number of anilines is 1. The van der Waals surface area contributed by atoms with Crippen molar-refractivity contribution in [1.29, 1.82) is 0 Å². The largest absolute Gasteiger partial charge is 0.456 e. The van der Waals surface area contributed by atoms with Crippen molar-refractivity contribution >= 4 is 57.5 Å². The van der Waals surface area contributed by atoms with Crippen molar-refractivity contribution in [2.45, 2.75) is 26.4 Å². The number of carbonyl (C=O) groups is 2. The fourth-order valence-corrected chi connectivity index (χ4v) is 4.05. The molecule has 0 aliphatic carbocycles. The lowest BCUT2D eigenvalue weighted by molar-refractivity contribution is -0.114. The van der Waals surface area contributed by atoms with Gasteiger partial charge in [0.15, 0.2) is 5.83 Å². The summed E-state index contributed by atoms with van der Waals surface area (Å²) in [4.78, 5) is 25.5. The zero-order valence-corrected chi connectivity index (χ0v) is 19.9. The van der Waals surface area contributed by atoms with Gasteiger partial charge in [-0.05, 0) is 56.2 Å². The van der Waals surface area contributed by atoms with Crippen molar-refractivity contribution in [3.63, 3.8) is 0 Å². The van der Waals surface area contributed by atoms with Crippen LogP contribution in [0, 0.1) is 0 Å². The van der Waals surface area contributed by atoms with Gasteiger partial charge in [-0.2, -0.15) is 0 Å². The van der Waals surface area contributed by atoms with Crippen molar-refractivity contribution in [2.24, 2.45) is 0 Å². The molecule has 1 aromatic heterocycles. The van der Waals surface area contributed by atoms with E-state index in [1.165, 1.54) is 0 Å². The van der Waals surface area contributed by atoms with Gasteiger partial charge in [0.25, 0.3) is 5.91 Å².